The Morgan fingerprint density at radius 1 is 1.45 bits per heavy atom. The quantitative estimate of drug-likeness (QED) is 0.647. The first-order chi connectivity index (χ1) is 9.65. The van der Waals surface area contributed by atoms with Gasteiger partial charge in [0.25, 0.3) is 0 Å². The molecule has 0 spiro atoms. The summed E-state index contributed by atoms with van der Waals surface area (Å²) in [5, 5.41) is 9.16. The van der Waals surface area contributed by atoms with Crippen molar-refractivity contribution in [1.29, 1.82) is 0 Å². The Bertz CT molecular complexity index is 468. The van der Waals surface area contributed by atoms with Crippen molar-refractivity contribution in [3.63, 3.8) is 0 Å². The second-order valence-corrected chi connectivity index (χ2v) is 5.11. The number of nitrogen functional groups attached to an aromatic ring is 1. The van der Waals surface area contributed by atoms with E-state index in [-0.39, 0.29) is 12.6 Å². The minimum atomic E-state index is -0.343. The number of aliphatic hydroxyl groups is 1. The van der Waals surface area contributed by atoms with Crippen LogP contribution in [0.15, 0.2) is 18.2 Å². The topological polar surface area (TPSA) is 75.8 Å². The number of benzene rings is 1. The van der Waals surface area contributed by atoms with Gasteiger partial charge in [-0.3, -0.25) is 0 Å². The van der Waals surface area contributed by atoms with Gasteiger partial charge in [-0.25, -0.2) is 4.79 Å². The van der Waals surface area contributed by atoms with Crippen LogP contribution in [-0.2, 0) is 4.74 Å². The Kier molecular flexibility index (Phi) is 4.84. The number of hydrogen-bond donors (Lipinski definition) is 2. The highest BCUT2D eigenvalue weighted by Gasteiger charge is 2.20. The number of nitrogens with two attached hydrogens (primary N) is 1. The molecule has 0 bridgehead atoms. The molecule has 0 atom stereocenters. The van der Waals surface area contributed by atoms with E-state index in [0.717, 1.165) is 31.6 Å². The van der Waals surface area contributed by atoms with Gasteiger partial charge in [0.05, 0.1) is 23.5 Å². The molecule has 0 saturated carbocycles. The number of rotatable bonds is 4. The van der Waals surface area contributed by atoms with Gasteiger partial charge in [-0.2, -0.15) is 0 Å². The summed E-state index contributed by atoms with van der Waals surface area (Å²) in [5.41, 5.74) is 8.09. The fourth-order valence-corrected chi connectivity index (χ4v) is 2.54. The molecule has 3 N–H and O–H groups in total. The monoisotopic (exact) mass is 278 g/mol. The van der Waals surface area contributed by atoms with Gasteiger partial charge < -0.3 is 20.5 Å². The first-order valence-electron chi connectivity index (χ1n) is 7.08. The number of nitrogens with zero attached hydrogens (tertiary/aromatic N) is 1. The molecule has 1 heterocycles. The predicted octanol–water partition coefficient (Wildman–Crippen LogP) is 1.65. The van der Waals surface area contributed by atoms with Gasteiger partial charge in [-0.15, -0.1) is 0 Å². The molecule has 110 valence electrons. The van der Waals surface area contributed by atoms with Crippen LogP contribution in [0.2, 0.25) is 0 Å². The Hall–Kier alpha value is -1.75. The van der Waals surface area contributed by atoms with E-state index in [1.165, 1.54) is 0 Å². The molecular formula is C15H22N2O3. The van der Waals surface area contributed by atoms with Crippen LogP contribution in [0.3, 0.4) is 0 Å². The van der Waals surface area contributed by atoms with E-state index < -0.39 is 0 Å². The molecule has 0 aliphatic carbocycles. The molecule has 1 fully saturated rings. The van der Waals surface area contributed by atoms with Crippen LogP contribution < -0.4 is 10.6 Å². The summed E-state index contributed by atoms with van der Waals surface area (Å²) in [5.74, 6) is 0.0519. The number of anilines is 2. The van der Waals surface area contributed by atoms with E-state index in [0.29, 0.717) is 23.8 Å². The fraction of sp³-hybridized carbons (Fsp3) is 0.533. The summed E-state index contributed by atoms with van der Waals surface area (Å²) >= 11 is 0. The van der Waals surface area contributed by atoms with Crippen molar-refractivity contribution in [2.24, 2.45) is 5.92 Å². The SMILES string of the molecule is CCOC(=O)c1ccc(N2CCC(CO)CC2)c(N)c1. The minimum absolute atomic E-state index is 0.255. The molecule has 1 aromatic carbocycles. The summed E-state index contributed by atoms with van der Waals surface area (Å²) in [7, 11) is 0. The third-order valence-corrected chi connectivity index (χ3v) is 3.75. The lowest BCUT2D eigenvalue weighted by Crippen LogP contribution is -2.35. The fourth-order valence-electron chi connectivity index (χ4n) is 2.54. The molecule has 0 amide bonds. The molecule has 5 heteroatoms. The van der Waals surface area contributed by atoms with Gasteiger partial charge in [0, 0.05) is 19.7 Å². The smallest absolute Gasteiger partial charge is 0.338 e. The van der Waals surface area contributed by atoms with Crippen molar-refractivity contribution < 1.29 is 14.6 Å². The largest absolute Gasteiger partial charge is 0.462 e. The zero-order valence-electron chi connectivity index (χ0n) is 11.8. The Morgan fingerprint density at radius 2 is 2.15 bits per heavy atom. The number of piperidine rings is 1. The van der Waals surface area contributed by atoms with Crippen molar-refractivity contribution >= 4 is 17.3 Å². The summed E-state index contributed by atoms with van der Waals surface area (Å²) < 4.78 is 4.96. The molecule has 0 unspecified atom stereocenters. The maximum absolute atomic E-state index is 11.6. The molecule has 2 rings (SSSR count). The second kappa shape index (κ2) is 6.61. The molecule has 1 saturated heterocycles. The zero-order chi connectivity index (χ0) is 14.5. The molecule has 0 radical (unpaired) electrons. The van der Waals surface area contributed by atoms with Crippen molar-refractivity contribution in [3.05, 3.63) is 23.8 Å². The standard InChI is InChI=1S/C15H22N2O3/c1-2-20-15(19)12-3-4-14(13(16)9-12)17-7-5-11(10-18)6-8-17/h3-4,9,11,18H,2,5-8,10,16H2,1H3. The van der Waals surface area contributed by atoms with Gasteiger partial charge in [0.2, 0.25) is 0 Å². The minimum Gasteiger partial charge on any atom is -0.462 e. The van der Waals surface area contributed by atoms with E-state index in [2.05, 4.69) is 4.90 Å². The maximum atomic E-state index is 11.6. The summed E-state index contributed by atoms with van der Waals surface area (Å²) in [4.78, 5) is 13.9. The van der Waals surface area contributed by atoms with E-state index in [1.54, 1.807) is 19.1 Å². The lowest BCUT2D eigenvalue weighted by molar-refractivity contribution is 0.0526. The molecule has 1 aromatic rings. The van der Waals surface area contributed by atoms with Crippen LogP contribution in [0.4, 0.5) is 11.4 Å². The molecule has 5 nitrogen and oxygen atoms in total. The van der Waals surface area contributed by atoms with Crippen molar-refractivity contribution in [2.75, 3.05) is 36.9 Å². The number of ether oxygens (including phenoxy) is 1. The third-order valence-electron chi connectivity index (χ3n) is 3.75. The van der Waals surface area contributed by atoms with E-state index in [1.807, 2.05) is 6.07 Å². The van der Waals surface area contributed by atoms with Gasteiger partial charge in [0.1, 0.15) is 0 Å². The predicted molar refractivity (Wildman–Crippen MR) is 78.8 cm³/mol. The van der Waals surface area contributed by atoms with Gasteiger partial charge in [-0.05, 0) is 43.9 Å². The Labute approximate surface area is 119 Å². The molecule has 1 aliphatic rings. The highest BCUT2D eigenvalue weighted by Crippen LogP contribution is 2.29. The van der Waals surface area contributed by atoms with Crippen LogP contribution in [0, 0.1) is 5.92 Å². The van der Waals surface area contributed by atoms with E-state index >= 15 is 0 Å². The summed E-state index contributed by atoms with van der Waals surface area (Å²) in [6, 6.07) is 5.30. The van der Waals surface area contributed by atoms with Gasteiger partial charge >= 0.3 is 5.97 Å². The number of hydrogen-bond acceptors (Lipinski definition) is 5. The molecule has 0 aromatic heterocycles. The summed E-state index contributed by atoms with van der Waals surface area (Å²) in [6.45, 7) is 4.16. The average Bonchev–Trinajstić information content (AvgIpc) is 2.47. The number of carbonyl (C=O) groups is 1. The first kappa shape index (κ1) is 14.7. The lowest BCUT2D eigenvalue weighted by atomic mass is 9.97. The van der Waals surface area contributed by atoms with Crippen molar-refractivity contribution in [2.45, 2.75) is 19.8 Å². The van der Waals surface area contributed by atoms with E-state index in [4.69, 9.17) is 15.6 Å². The van der Waals surface area contributed by atoms with Gasteiger partial charge in [0.15, 0.2) is 0 Å². The van der Waals surface area contributed by atoms with Crippen LogP contribution >= 0.6 is 0 Å². The van der Waals surface area contributed by atoms with Gasteiger partial charge in [-0.1, -0.05) is 0 Å². The molecule has 20 heavy (non-hydrogen) atoms. The van der Waals surface area contributed by atoms with Crippen molar-refractivity contribution in [1.82, 2.24) is 0 Å². The molecule has 1 aliphatic heterocycles. The highest BCUT2D eigenvalue weighted by atomic mass is 16.5. The number of esters is 1. The highest BCUT2D eigenvalue weighted by molar-refractivity contribution is 5.92. The zero-order valence-corrected chi connectivity index (χ0v) is 11.8. The van der Waals surface area contributed by atoms with E-state index in [9.17, 15) is 4.79 Å². The third kappa shape index (κ3) is 3.22. The Balaban J connectivity index is 2.08. The van der Waals surface area contributed by atoms with Crippen LogP contribution in [-0.4, -0.2) is 37.4 Å². The van der Waals surface area contributed by atoms with Crippen LogP contribution in [0.25, 0.3) is 0 Å². The number of carbonyl (C=O) groups excluding carboxylic acids is 1. The van der Waals surface area contributed by atoms with Crippen LogP contribution in [0.5, 0.6) is 0 Å². The normalized spacial score (nSPS) is 16.2. The first-order valence-corrected chi connectivity index (χ1v) is 7.08. The van der Waals surface area contributed by atoms with Crippen LogP contribution in [0.1, 0.15) is 30.1 Å². The second-order valence-electron chi connectivity index (χ2n) is 5.11. The number of aliphatic hydroxyl groups excluding tert-OH is 1. The lowest BCUT2D eigenvalue weighted by Gasteiger charge is -2.33. The average molecular weight is 278 g/mol. The summed E-state index contributed by atoms with van der Waals surface area (Å²) in [6.07, 6.45) is 1.94. The molecular weight excluding hydrogens is 256 g/mol. The maximum Gasteiger partial charge on any atom is 0.338 e. The Morgan fingerprint density at radius 3 is 2.70 bits per heavy atom. The van der Waals surface area contributed by atoms with Crippen molar-refractivity contribution in [3.8, 4) is 0 Å².